The van der Waals surface area contributed by atoms with Gasteiger partial charge in [-0.05, 0) is 39.4 Å². The van der Waals surface area contributed by atoms with E-state index in [0.717, 1.165) is 18.5 Å². The topological polar surface area (TPSA) is 56.1 Å². The molecule has 20 heavy (non-hydrogen) atoms. The van der Waals surface area contributed by atoms with Crippen LogP contribution in [0.3, 0.4) is 0 Å². The molecule has 0 aromatic heterocycles. The zero-order chi connectivity index (χ0) is 15.0. The van der Waals surface area contributed by atoms with Crippen molar-refractivity contribution in [1.29, 1.82) is 5.26 Å². The summed E-state index contributed by atoms with van der Waals surface area (Å²) in [6.45, 7) is 5.81. The van der Waals surface area contributed by atoms with Crippen molar-refractivity contribution in [3.63, 3.8) is 0 Å². The van der Waals surface area contributed by atoms with E-state index in [4.69, 9.17) is 5.26 Å². The number of rotatable bonds is 7. The lowest BCUT2D eigenvalue weighted by Gasteiger charge is -2.20. The van der Waals surface area contributed by atoms with E-state index in [1.54, 1.807) is 12.1 Å². The van der Waals surface area contributed by atoms with E-state index in [2.05, 4.69) is 37.2 Å². The van der Waals surface area contributed by atoms with Gasteiger partial charge in [0.05, 0.1) is 6.07 Å². The second-order valence-corrected chi connectivity index (χ2v) is 5.19. The second kappa shape index (κ2) is 8.34. The van der Waals surface area contributed by atoms with Crippen molar-refractivity contribution in [2.75, 3.05) is 20.1 Å². The van der Waals surface area contributed by atoms with Crippen molar-refractivity contribution in [1.82, 2.24) is 10.2 Å². The van der Waals surface area contributed by atoms with E-state index in [9.17, 15) is 4.79 Å². The minimum Gasteiger partial charge on any atom is -0.355 e. The Morgan fingerprint density at radius 1 is 1.35 bits per heavy atom. The highest BCUT2D eigenvalue weighted by Crippen LogP contribution is 2.14. The average molecular weight is 273 g/mol. The van der Waals surface area contributed by atoms with Gasteiger partial charge in [0.2, 0.25) is 5.91 Å². The second-order valence-electron chi connectivity index (χ2n) is 5.19. The van der Waals surface area contributed by atoms with Gasteiger partial charge in [-0.3, -0.25) is 4.79 Å². The lowest BCUT2D eigenvalue weighted by molar-refractivity contribution is -0.121. The maximum atomic E-state index is 12.0. The summed E-state index contributed by atoms with van der Waals surface area (Å²) >= 11 is 0. The normalized spacial score (nSPS) is 12.2. The number of carbonyl (C=O) groups is 1. The molecule has 1 aromatic rings. The zero-order valence-corrected chi connectivity index (χ0v) is 12.5. The molecular weight excluding hydrogens is 250 g/mol. The van der Waals surface area contributed by atoms with E-state index >= 15 is 0 Å². The number of nitrogens with one attached hydrogen (secondary N) is 1. The molecule has 1 aromatic carbocycles. The minimum atomic E-state index is -0.723. The number of hydrogen-bond acceptors (Lipinski definition) is 3. The summed E-state index contributed by atoms with van der Waals surface area (Å²) in [5.74, 6) is -0.940. The van der Waals surface area contributed by atoms with Crippen molar-refractivity contribution in [2.24, 2.45) is 0 Å². The molecule has 0 saturated carbocycles. The fourth-order valence-electron chi connectivity index (χ4n) is 1.83. The third-order valence-electron chi connectivity index (χ3n) is 3.39. The first kappa shape index (κ1) is 16.2. The molecular formula is C16H23N3O. The third kappa shape index (κ3) is 5.02. The first-order valence-corrected chi connectivity index (χ1v) is 6.98. The van der Waals surface area contributed by atoms with Gasteiger partial charge in [-0.15, -0.1) is 0 Å². The molecule has 108 valence electrons. The number of hydrogen-bond donors (Lipinski definition) is 1. The molecule has 1 amide bonds. The molecule has 0 saturated heterocycles. The van der Waals surface area contributed by atoms with Crippen molar-refractivity contribution >= 4 is 5.91 Å². The predicted octanol–water partition coefficient (Wildman–Crippen LogP) is 2.14. The first-order chi connectivity index (χ1) is 9.56. The first-order valence-electron chi connectivity index (χ1n) is 6.98. The van der Waals surface area contributed by atoms with Gasteiger partial charge in [0, 0.05) is 12.6 Å². The van der Waals surface area contributed by atoms with Crippen LogP contribution in [0.5, 0.6) is 0 Å². The van der Waals surface area contributed by atoms with Gasteiger partial charge in [-0.1, -0.05) is 30.3 Å². The Hall–Kier alpha value is -1.86. The number of benzene rings is 1. The summed E-state index contributed by atoms with van der Waals surface area (Å²) in [6, 6.07) is 11.7. The highest BCUT2D eigenvalue weighted by molar-refractivity contribution is 5.86. The molecule has 0 heterocycles. The summed E-state index contributed by atoms with van der Waals surface area (Å²) in [7, 11) is 2.06. The molecule has 1 rings (SSSR count). The maximum Gasteiger partial charge on any atom is 0.241 e. The van der Waals surface area contributed by atoms with E-state index in [-0.39, 0.29) is 5.91 Å². The molecule has 1 N–H and O–H groups in total. The lowest BCUT2D eigenvalue weighted by Crippen LogP contribution is -2.33. The minimum absolute atomic E-state index is 0.217. The number of nitrogens with zero attached hydrogens (tertiary/aromatic N) is 2. The fourth-order valence-corrected chi connectivity index (χ4v) is 1.83. The molecule has 0 aliphatic rings. The predicted molar refractivity (Wildman–Crippen MR) is 80.2 cm³/mol. The molecule has 1 atom stereocenters. The summed E-state index contributed by atoms with van der Waals surface area (Å²) in [5, 5.41) is 12.0. The van der Waals surface area contributed by atoms with Gasteiger partial charge in [0.1, 0.15) is 5.92 Å². The van der Waals surface area contributed by atoms with Crippen LogP contribution in [-0.2, 0) is 4.79 Å². The Bertz CT molecular complexity index is 451. The van der Waals surface area contributed by atoms with E-state index < -0.39 is 5.92 Å². The van der Waals surface area contributed by atoms with E-state index in [0.29, 0.717) is 12.6 Å². The van der Waals surface area contributed by atoms with Crippen LogP contribution in [0.4, 0.5) is 0 Å². The monoisotopic (exact) mass is 273 g/mol. The van der Waals surface area contributed by atoms with Crippen molar-refractivity contribution in [2.45, 2.75) is 32.2 Å². The Balaban J connectivity index is 2.40. The summed E-state index contributed by atoms with van der Waals surface area (Å²) in [4.78, 5) is 14.2. The largest absolute Gasteiger partial charge is 0.355 e. The van der Waals surface area contributed by atoms with E-state index in [1.165, 1.54) is 0 Å². The molecule has 0 aliphatic carbocycles. The zero-order valence-electron chi connectivity index (χ0n) is 12.5. The van der Waals surface area contributed by atoms with Gasteiger partial charge in [0.15, 0.2) is 0 Å². The van der Waals surface area contributed by atoms with Crippen LogP contribution in [0.1, 0.15) is 31.7 Å². The molecule has 0 spiro atoms. The van der Waals surface area contributed by atoms with Crippen molar-refractivity contribution in [3.8, 4) is 6.07 Å². The number of nitriles is 1. The Kier molecular flexibility index (Phi) is 6.75. The SMILES string of the molecule is CC(C)N(C)CCCNC(=O)C(C#N)c1ccccc1. The van der Waals surface area contributed by atoms with Crippen LogP contribution in [0.2, 0.25) is 0 Å². The smallest absolute Gasteiger partial charge is 0.241 e. The number of carbonyl (C=O) groups excluding carboxylic acids is 1. The van der Waals surface area contributed by atoms with Crippen LogP contribution >= 0.6 is 0 Å². The number of amides is 1. The third-order valence-corrected chi connectivity index (χ3v) is 3.39. The molecule has 0 radical (unpaired) electrons. The fraction of sp³-hybridized carbons (Fsp3) is 0.500. The molecule has 4 heteroatoms. The lowest BCUT2D eigenvalue weighted by atomic mass is 10.00. The molecule has 0 aliphatic heterocycles. The van der Waals surface area contributed by atoms with Crippen LogP contribution in [0.15, 0.2) is 30.3 Å². The van der Waals surface area contributed by atoms with Crippen LogP contribution in [0.25, 0.3) is 0 Å². The highest BCUT2D eigenvalue weighted by Gasteiger charge is 2.19. The Morgan fingerprint density at radius 3 is 2.55 bits per heavy atom. The summed E-state index contributed by atoms with van der Waals surface area (Å²) < 4.78 is 0. The summed E-state index contributed by atoms with van der Waals surface area (Å²) in [5.41, 5.74) is 0.742. The average Bonchev–Trinajstić information content (AvgIpc) is 2.45. The quantitative estimate of drug-likeness (QED) is 0.774. The maximum absolute atomic E-state index is 12.0. The van der Waals surface area contributed by atoms with Crippen molar-refractivity contribution in [3.05, 3.63) is 35.9 Å². The summed E-state index contributed by atoms with van der Waals surface area (Å²) in [6.07, 6.45) is 0.882. The van der Waals surface area contributed by atoms with Gasteiger partial charge < -0.3 is 10.2 Å². The van der Waals surface area contributed by atoms with Gasteiger partial charge in [0.25, 0.3) is 0 Å². The molecule has 4 nitrogen and oxygen atoms in total. The molecule has 1 unspecified atom stereocenters. The van der Waals surface area contributed by atoms with Gasteiger partial charge in [-0.2, -0.15) is 5.26 Å². The standard InChI is InChI=1S/C16H23N3O/c1-13(2)19(3)11-7-10-18-16(20)15(12-17)14-8-5-4-6-9-14/h4-6,8-9,13,15H,7,10-11H2,1-3H3,(H,18,20). The Morgan fingerprint density at radius 2 is 2.00 bits per heavy atom. The van der Waals surface area contributed by atoms with Crippen LogP contribution in [0, 0.1) is 11.3 Å². The van der Waals surface area contributed by atoms with Crippen LogP contribution in [-0.4, -0.2) is 37.0 Å². The van der Waals surface area contributed by atoms with Crippen LogP contribution < -0.4 is 5.32 Å². The molecule has 0 fully saturated rings. The Labute approximate surface area is 121 Å². The van der Waals surface area contributed by atoms with E-state index in [1.807, 2.05) is 18.2 Å². The molecule has 0 bridgehead atoms. The van der Waals surface area contributed by atoms with Crippen molar-refractivity contribution < 1.29 is 4.79 Å². The highest BCUT2D eigenvalue weighted by atomic mass is 16.1. The van der Waals surface area contributed by atoms with Gasteiger partial charge >= 0.3 is 0 Å². The van der Waals surface area contributed by atoms with Gasteiger partial charge in [-0.25, -0.2) is 0 Å².